The SMILES string of the molecule is COc1cccn2c(=O)cc(C(C#N)NC(=O)[C@@H]3[C@@H]4[C@H](CN3C(=O)[C@@H](NC(=O)C(F)(F)F)C(C)(C)C)C4(C)C)nc12. The fourth-order valence-electron chi connectivity index (χ4n) is 5.67. The lowest BCUT2D eigenvalue weighted by molar-refractivity contribution is -0.176. The van der Waals surface area contributed by atoms with Gasteiger partial charge in [-0.3, -0.25) is 23.6 Å². The lowest BCUT2D eigenvalue weighted by Gasteiger charge is -2.37. The summed E-state index contributed by atoms with van der Waals surface area (Å²) in [6.45, 7) is 8.44. The molecule has 5 atom stereocenters. The van der Waals surface area contributed by atoms with Crippen molar-refractivity contribution in [2.45, 2.75) is 58.9 Å². The van der Waals surface area contributed by atoms with Gasteiger partial charge in [-0.1, -0.05) is 34.6 Å². The number of hydrogen-bond acceptors (Lipinski definition) is 7. The minimum Gasteiger partial charge on any atom is -0.493 e. The summed E-state index contributed by atoms with van der Waals surface area (Å²) in [6, 6.07) is 2.10. The van der Waals surface area contributed by atoms with Crippen LogP contribution in [0.25, 0.3) is 5.65 Å². The number of rotatable bonds is 6. The number of aromatic nitrogens is 2. The van der Waals surface area contributed by atoms with E-state index >= 15 is 0 Å². The highest BCUT2D eigenvalue weighted by Crippen LogP contribution is 2.65. The number of alkyl halides is 3. The van der Waals surface area contributed by atoms with Crippen LogP contribution in [0.5, 0.6) is 5.75 Å². The first kappa shape index (κ1) is 29.8. The Morgan fingerprint density at radius 2 is 1.88 bits per heavy atom. The molecular formula is C27H31F3N6O5. The van der Waals surface area contributed by atoms with Gasteiger partial charge in [0, 0.05) is 18.8 Å². The number of hydrogen-bond donors (Lipinski definition) is 2. The maximum absolute atomic E-state index is 13.7. The first-order chi connectivity index (χ1) is 18.9. The number of likely N-dealkylation sites (tertiary alicyclic amines) is 1. The van der Waals surface area contributed by atoms with E-state index in [9.17, 15) is 37.6 Å². The fourth-order valence-corrected chi connectivity index (χ4v) is 5.67. The molecule has 2 fully saturated rings. The Labute approximate surface area is 233 Å². The number of pyridine rings is 1. The molecule has 3 amide bonds. The van der Waals surface area contributed by atoms with Crippen molar-refractivity contribution in [2.75, 3.05) is 13.7 Å². The molecule has 1 unspecified atom stereocenters. The van der Waals surface area contributed by atoms with Gasteiger partial charge in [-0.05, 0) is 34.8 Å². The van der Waals surface area contributed by atoms with Crippen LogP contribution in [0.15, 0.2) is 29.2 Å². The number of ether oxygens (including phenoxy) is 1. The molecule has 11 nitrogen and oxygen atoms in total. The van der Waals surface area contributed by atoms with Gasteiger partial charge in [-0.2, -0.15) is 18.4 Å². The molecule has 220 valence electrons. The van der Waals surface area contributed by atoms with Crippen LogP contribution < -0.4 is 20.9 Å². The van der Waals surface area contributed by atoms with Gasteiger partial charge in [0.1, 0.15) is 12.1 Å². The van der Waals surface area contributed by atoms with Crippen molar-refractivity contribution >= 4 is 23.4 Å². The summed E-state index contributed by atoms with van der Waals surface area (Å²) in [5, 5.41) is 14.3. The third-order valence-electron chi connectivity index (χ3n) is 8.01. The molecule has 1 aliphatic heterocycles. The Bertz CT molecular complexity index is 1510. The molecule has 2 N–H and O–H groups in total. The smallest absolute Gasteiger partial charge is 0.471 e. The van der Waals surface area contributed by atoms with Crippen molar-refractivity contribution < 1.29 is 32.3 Å². The van der Waals surface area contributed by atoms with Gasteiger partial charge in [0.05, 0.1) is 18.9 Å². The van der Waals surface area contributed by atoms with E-state index in [-0.39, 0.29) is 40.9 Å². The van der Waals surface area contributed by atoms with Crippen molar-refractivity contribution in [2.24, 2.45) is 22.7 Å². The van der Waals surface area contributed by atoms with Gasteiger partial charge >= 0.3 is 12.1 Å². The summed E-state index contributed by atoms with van der Waals surface area (Å²) in [5.74, 6) is -4.00. The zero-order valence-corrected chi connectivity index (χ0v) is 23.4. The Morgan fingerprint density at radius 3 is 2.44 bits per heavy atom. The highest BCUT2D eigenvalue weighted by atomic mass is 19.4. The average molecular weight is 577 g/mol. The van der Waals surface area contributed by atoms with Crippen molar-refractivity contribution in [3.63, 3.8) is 0 Å². The molecule has 0 radical (unpaired) electrons. The van der Waals surface area contributed by atoms with Crippen molar-refractivity contribution in [1.29, 1.82) is 5.26 Å². The molecule has 1 saturated heterocycles. The van der Waals surface area contributed by atoms with Crippen molar-refractivity contribution in [3.8, 4) is 11.8 Å². The number of amides is 3. The van der Waals surface area contributed by atoms with Crippen LogP contribution in [0.1, 0.15) is 46.4 Å². The number of piperidine rings is 1. The van der Waals surface area contributed by atoms with E-state index in [0.717, 1.165) is 6.07 Å². The number of carbonyl (C=O) groups is 3. The van der Waals surface area contributed by atoms with Crippen LogP contribution in [0.4, 0.5) is 13.2 Å². The number of methoxy groups -OCH3 is 1. The van der Waals surface area contributed by atoms with Crippen LogP contribution in [-0.2, 0) is 14.4 Å². The maximum atomic E-state index is 13.7. The van der Waals surface area contributed by atoms with Crippen LogP contribution in [0.3, 0.4) is 0 Å². The molecule has 0 spiro atoms. The molecule has 1 aliphatic carbocycles. The molecule has 2 aliphatic rings. The predicted molar refractivity (Wildman–Crippen MR) is 138 cm³/mol. The van der Waals surface area contributed by atoms with Crippen LogP contribution in [0, 0.1) is 34.0 Å². The fraction of sp³-hybridized carbons (Fsp3) is 0.556. The minimum atomic E-state index is -5.20. The number of nitrogens with zero attached hydrogens (tertiary/aromatic N) is 4. The summed E-state index contributed by atoms with van der Waals surface area (Å²) in [4.78, 5) is 57.4. The lowest BCUT2D eigenvalue weighted by Crippen LogP contribution is -2.60. The van der Waals surface area contributed by atoms with E-state index in [0.29, 0.717) is 0 Å². The molecule has 41 heavy (non-hydrogen) atoms. The predicted octanol–water partition coefficient (Wildman–Crippen LogP) is 1.96. The Kier molecular flexibility index (Phi) is 7.30. The molecule has 0 bridgehead atoms. The molecule has 2 aromatic heterocycles. The topological polar surface area (TPSA) is 146 Å². The third-order valence-corrected chi connectivity index (χ3v) is 8.01. The second-order valence-electron chi connectivity index (χ2n) is 12.0. The third kappa shape index (κ3) is 5.32. The Balaban J connectivity index is 1.65. The normalized spacial score (nSPS) is 22.7. The zero-order valence-electron chi connectivity index (χ0n) is 23.4. The number of nitrogens with one attached hydrogen (secondary N) is 2. The molecule has 0 aromatic carbocycles. The second-order valence-corrected chi connectivity index (χ2v) is 12.0. The quantitative estimate of drug-likeness (QED) is 0.535. The number of carbonyl (C=O) groups excluding carboxylic acids is 3. The van der Waals surface area contributed by atoms with E-state index in [1.165, 1.54) is 43.4 Å². The van der Waals surface area contributed by atoms with Crippen molar-refractivity contribution in [1.82, 2.24) is 24.9 Å². The lowest BCUT2D eigenvalue weighted by atomic mass is 9.85. The van der Waals surface area contributed by atoms with Gasteiger partial charge in [-0.25, -0.2) is 4.98 Å². The van der Waals surface area contributed by atoms with Gasteiger partial charge in [0.15, 0.2) is 17.4 Å². The molecule has 2 aromatic rings. The van der Waals surface area contributed by atoms with E-state index < -0.39 is 53.0 Å². The summed E-state index contributed by atoms with van der Waals surface area (Å²) < 4.78 is 45.7. The van der Waals surface area contributed by atoms with E-state index in [1.54, 1.807) is 17.4 Å². The van der Waals surface area contributed by atoms with Gasteiger partial charge in [0.25, 0.3) is 5.56 Å². The van der Waals surface area contributed by atoms with E-state index in [1.807, 2.05) is 19.9 Å². The van der Waals surface area contributed by atoms with Crippen molar-refractivity contribution in [3.05, 3.63) is 40.4 Å². The van der Waals surface area contributed by atoms with E-state index in [4.69, 9.17) is 4.74 Å². The largest absolute Gasteiger partial charge is 0.493 e. The molecule has 4 rings (SSSR count). The average Bonchev–Trinajstić information content (AvgIpc) is 3.21. The van der Waals surface area contributed by atoms with Gasteiger partial charge < -0.3 is 20.3 Å². The Hall–Kier alpha value is -4.15. The number of nitriles is 1. The Morgan fingerprint density at radius 1 is 1.22 bits per heavy atom. The molecule has 14 heteroatoms. The minimum absolute atomic E-state index is 0.0529. The van der Waals surface area contributed by atoms with Gasteiger partial charge in [0.2, 0.25) is 11.8 Å². The van der Waals surface area contributed by atoms with Crippen LogP contribution in [0.2, 0.25) is 0 Å². The first-order valence-electron chi connectivity index (χ1n) is 12.9. The number of fused-ring (bicyclic) bond motifs is 2. The molecule has 3 heterocycles. The standard InChI is InChI=1S/C27H31F3N6O5/c1-25(2,3)20(34-24(40)27(28,29)30)23(39)36-12-13-18(26(13,4)5)19(36)22(38)33-15(11-31)14-10-17(37)35-9-7-8-16(41-6)21(35)32-14/h7-10,13,15,18-20H,12H2,1-6H3,(H,33,38)(H,34,40)/t13-,15?,18-,19-,20+/m0/s1. The maximum Gasteiger partial charge on any atom is 0.471 e. The second kappa shape index (κ2) is 10.0. The van der Waals surface area contributed by atoms with Crippen LogP contribution in [-0.4, -0.2) is 63.9 Å². The molecular weight excluding hydrogens is 545 g/mol. The highest BCUT2D eigenvalue weighted by Gasteiger charge is 2.70. The van der Waals surface area contributed by atoms with E-state index in [2.05, 4.69) is 10.3 Å². The summed E-state index contributed by atoms with van der Waals surface area (Å²) in [6.07, 6.45) is -3.73. The summed E-state index contributed by atoms with van der Waals surface area (Å²) in [7, 11) is 1.39. The first-order valence-corrected chi connectivity index (χ1v) is 12.9. The highest BCUT2D eigenvalue weighted by molar-refractivity contribution is 5.95. The summed E-state index contributed by atoms with van der Waals surface area (Å²) >= 11 is 0. The number of halogens is 3. The van der Waals surface area contributed by atoms with Gasteiger partial charge in [-0.15, -0.1) is 0 Å². The zero-order chi connectivity index (χ0) is 30.7. The molecule has 1 saturated carbocycles. The van der Waals surface area contributed by atoms with Crippen LogP contribution >= 0.6 is 0 Å². The monoisotopic (exact) mass is 576 g/mol. The summed E-state index contributed by atoms with van der Waals surface area (Å²) in [5.41, 5.74) is -1.91.